The third kappa shape index (κ3) is 1.19. The fraction of sp³-hybridized carbons (Fsp3) is 0.167. The molecule has 7 heavy (non-hydrogen) atoms. The van der Waals surface area contributed by atoms with Crippen LogP contribution in [0.3, 0.4) is 0 Å². The Morgan fingerprint density at radius 2 is 2.57 bits per heavy atom. The molecule has 0 radical (unpaired) electrons. The Hall–Kier alpha value is -0.520. The van der Waals surface area contributed by atoms with E-state index in [1.54, 1.807) is 0 Å². The highest BCUT2D eigenvalue weighted by atomic mass is 32.1. The molecular formula is C6H5S-. The van der Waals surface area contributed by atoms with Crippen LogP contribution in [0, 0.1) is 0 Å². The Morgan fingerprint density at radius 1 is 1.71 bits per heavy atom. The van der Waals surface area contributed by atoms with Crippen molar-refractivity contribution in [1.82, 2.24) is 0 Å². The second-order valence-corrected chi connectivity index (χ2v) is 1.90. The minimum Gasteiger partial charge on any atom is -0.784 e. The molecule has 0 heterocycles. The molecule has 0 aliphatic heterocycles. The Labute approximate surface area is 48.6 Å². The summed E-state index contributed by atoms with van der Waals surface area (Å²) < 4.78 is 0. The van der Waals surface area contributed by atoms with Crippen molar-refractivity contribution >= 4 is 12.6 Å². The first-order valence-corrected chi connectivity index (χ1v) is 2.57. The lowest BCUT2D eigenvalue weighted by molar-refractivity contribution is 1.35. The van der Waals surface area contributed by atoms with Crippen LogP contribution in [0.15, 0.2) is 28.9 Å². The molecule has 36 valence electrons. The first kappa shape index (κ1) is 4.63. The van der Waals surface area contributed by atoms with Crippen LogP contribution in [0.4, 0.5) is 0 Å². The topological polar surface area (TPSA) is 0 Å². The molecule has 0 aromatic heterocycles. The van der Waals surface area contributed by atoms with E-state index in [1.165, 1.54) is 0 Å². The van der Waals surface area contributed by atoms with E-state index in [0.717, 1.165) is 11.3 Å². The van der Waals surface area contributed by atoms with Crippen molar-refractivity contribution in [3.05, 3.63) is 28.9 Å². The van der Waals surface area contributed by atoms with Crippen LogP contribution in [0.5, 0.6) is 0 Å². The summed E-state index contributed by atoms with van der Waals surface area (Å²) in [6.45, 7) is 0. The van der Waals surface area contributed by atoms with Gasteiger partial charge in [-0.3, -0.25) is 0 Å². The highest BCUT2D eigenvalue weighted by molar-refractivity contribution is 7.63. The average molecular weight is 109 g/mol. The molecule has 0 amide bonds. The Balaban J connectivity index is 2.77. The highest BCUT2D eigenvalue weighted by Crippen LogP contribution is 2.01. The fourth-order valence-corrected chi connectivity index (χ4v) is 0.588. The highest BCUT2D eigenvalue weighted by Gasteiger charge is 1.74. The van der Waals surface area contributed by atoms with Crippen molar-refractivity contribution in [2.75, 3.05) is 0 Å². The summed E-state index contributed by atoms with van der Waals surface area (Å²) in [7, 11) is 0. The molecule has 0 N–H and O–H groups in total. The molecule has 1 aliphatic rings. The number of hydrogen-bond acceptors (Lipinski definition) is 1. The molecule has 0 unspecified atom stereocenters. The average Bonchev–Trinajstić information content (AvgIpc) is 1.69. The Bertz CT molecular complexity index is 148. The van der Waals surface area contributed by atoms with Crippen molar-refractivity contribution in [2.24, 2.45) is 0 Å². The van der Waals surface area contributed by atoms with Crippen molar-refractivity contribution in [1.29, 1.82) is 0 Å². The van der Waals surface area contributed by atoms with Crippen molar-refractivity contribution < 1.29 is 0 Å². The first-order chi connectivity index (χ1) is 3.39. The van der Waals surface area contributed by atoms with Gasteiger partial charge in [0.15, 0.2) is 0 Å². The molecule has 1 aliphatic carbocycles. The Morgan fingerprint density at radius 3 is 2.86 bits per heavy atom. The van der Waals surface area contributed by atoms with Crippen molar-refractivity contribution in [2.45, 2.75) is 6.42 Å². The van der Waals surface area contributed by atoms with E-state index in [2.05, 4.69) is 5.73 Å². The SMILES string of the molecule is [S-]C1=CC=C=CC1. The van der Waals surface area contributed by atoms with Gasteiger partial charge in [-0.2, -0.15) is 4.91 Å². The third-order valence-corrected chi connectivity index (χ3v) is 1.09. The standard InChI is InChI=1S/C6H6S/c7-6-4-2-1-3-5-6/h2-4,7H,5H2/p-1. The lowest BCUT2D eigenvalue weighted by atomic mass is 10.3. The molecule has 0 aromatic rings. The van der Waals surface area contributed by atoms with E-state index < -0.39 is 0 Å². The molecule has 0 bridgehead atoms. The van der Waals surface area contributed by atoms with Gasteiger partial charge in [-0.05, 0) is 18.6 Å². The number of allylic oxidation sites excluding steroid dienone is 3. The summed E-state index contributed by atoms with van der Waals surface area (Å²) >= 11 is 4.85. The van der Waals surface area contributed by atoms with Crippen molar-refractivity contribution in [3.8, 4) is 0 Å². The summed E-state index contributed by atoms with van der Waals surface area (Å²) in [5.41, 5.74) is 2.92. The van der Waals surface area contributed by atoms with Crippen LogP contribution in [0.1, 0.15) is 6.42 Å². The van der Waals surface area contributed by atoms with Gasteiger partial charge in [0.05, 0.1) is 0 Å². The van der Waals surface area contributed by atoms with Gasteiger partial charge in [0, 0.05) is 0 Å². The predicted molar refractivity (Wildman–Crippen MR) is 32.7 cm³/mol. The maximum absolute atomic E-state index is 4.85. The summed E-state index contributed by atoms with van der Waals surface area (Å²) in [6.07, 6.45) is 6.56. The molecule has 0 saturated carbocycles. The van der Waals surface area contributed by atoms with Gasteiger partial charge < -0.3 is 12.6 Å². The predicted octanol–water partition coefficient (Wildman–Crippen LogP) is 1.53. The van der Waals surface area contributed by atoms with Gasteiger partial charge in [0.1, 0.15) is 0 Å². The van der Waals surface area contributed by atoms with Gasteiger partial charge in [-0.15, -0.1) is 5.73 Å². The fourth-order valence-electron chi connectivity index (χ4n) is 0.437. The molecule has 1 heteroatoms. The minimum atomic E-state index is 0.895. The number of rotatable bonds is 0. The zero-order valence-electron chi connectivity index (χ0n) is 3.85. The van der Waals surface area contributed by atoms with Gasteiger partial charge in [0.2, 0.25) is 0 Å². The lowest BCUT2D eigenvalue weighted by Gasteiger charge is -2.07. The third-order valence-electron chi connectivity index (χ3n) is 0.787. The molecule has 0 nitrogen and oxygen atoms in total. The largest absolute Gasteiger partial charge is 0.784 e. The zero-order chi connectivity index (χ0) is 5.11. The summed E-state index contributed by atoms with van der Waals surface area (Å²) in [5.74, 6) is 0. The quantitative estimate of drug-likeness (QED) is 0.336. The summed E-state index contributed by atoms with van der Waals surface area (Å²) in [4.78, 5) is 0.999. The minimum absolute atomic E-state index is 0.895. The van der Waals surface area contributed by atoms with Gasteiger partial charge >= 0.3 is 0 Å². The van der Waals surface area contributed by atoms with Crippen molar-refractivity contribution in [3.63, 3.8) is 0 Å². The molecule has 0 aromatic carbocycles. The van der Waals surface area contributed by atoms with E-state index in [9.17, 15) is 0 Å². The normalized spacial score (nSPS) is 16.9. The smallest absolute Gasteiger partial charge is 0.0221 e. The van der Waals surface area contributed by atoms with Gasteiger partial charge in [-0.1, -0.05) is 6.08 Å². The van der Waals surface area contributed by atoms with Crippen LogP contribution < -0.4 is 0 Å². The first-order valence-electron chi connectivity index (χ1n) is 2.17. The van der Waals surface area contributed by atoms with Crippen LogP contribution >= 0.6 is 0 Å². The van der Waals surface area contributed by atoms with Crippen LogP contribution in [-0.2, 0) is 12.6 Å². The van der Waals surface area contributed by atoms with E-state index in [4.69, 9.17) is 12.6 Å². The Kier molecular flexibility index (Phi) is 1.30. The molecular weight excluding hydrogens is 104 g/mol. The monoisotopic (exact) mass is 109 g/mol. The van der Waals surface area contributed by atoms with Crippen LogP contribution in [0.25, 0.3) is 0 Å². The molecule has 0 spiro atoms. The zero-order valence-corrected chi connectivity index (χ0v) is 4.66. The maximum atomic E-state index is 4.85. The number of hydrogen-bond donors (Lipinski definition) is 0. The van der Waals surface area contributed by atoms with Crippen LogP contribution in [0.2, 0.25) is 0 Å². The summed E-state index contributed by atoms with van der Waals surface area (Å²) in [5, 5.41) is 0. The molecule has 0 saturated heterocycles. The molecule has 0 fully saturated rings. The second-order valence-electron chi connectivity index (χ2n) is 1.37. The summed E-state index contributed by atoms with van der Waals surface area (Å²) in [6, 6.07) is 0. The van der Waals surface area contributed by atoms with E-state index in [1.807, 2.05) is 18.2 Å². The van der Waals surface area contributed by atoms with E-state index >= 15 is 0 Å². The lowest BCUT2D eigenvalue weighted by Crippen LogP contribution is -1.73. The second kappa shape index (κ2) is 1.97. The van der Waals surface area contributed by atoms with E-state index in [0.29, 0.717) is 0 Å². The van der Waals surface area contributed by atoms with Gasteiger partial charge in [-0.25, -0.2) is 0 Å². The maximum Gasteiger partial charge on any atom is -0.0221 e. The van der Waals surface area contributed by atoms with Gasteiger partial charge in [0.25, 0.3) is 0 Å². The molecule has 1 rings (SSSR count). The van der Waals surface area contributed by atoms with E-state index in [-0.39, 0.29) is 0 Å². The van der Waals surface area contributed by atoms with Crippen LogP contribution in [-0.4, -0.2) is 0 Å². The molecule has 0 atom stereocenters.